The number of carbonyl (C=O) groups excluding carboxylic acids is 1. The number of aryl methyl sites for hydroxylation is 2. The fourth-order valence-corrected chi connectivity index (χ4v) is 3.21. The van der Waals surface area contributed by atoms with E-state index in [1.807, 2.05) is 26.0 Å². The van der Waals surface area contributed by atoms with Crippen molar-refractivity contribution < 1.29 is 9.53 Å². The molecule has 0 heterocycles. The topological polar surface area (TPSA) is 26.3 Å². The Bertz CT molecular complexity index is 433. The van der Waals surface area contributed by atoms with Crippen LogP contribution in [-0.4, -0.2) is 12.9 Å². The van der Waals surface area contributed by atoms with Gasteiger partial charge in [0.1, 0.15) is 5.75 Å². The molecular weight excluding hydrogens is 236 g/mol. The summed E-state index contributed by atoms with van der Waals surface area (Å²) in [5.74, 6) is 1.96. The van der Waals surface area contributed by atoms with Crippen LogP contribution in [-0.2, 0) is 0 Å². The second-order valence-electron chi connectivity index (χ2n) is 5.76. The van der Waals surface area contributed by atoms with Gasteiger partial charge in [-0.05, 0) is 49.4 Å². The SMILES string of the molecule is COc1c(C)cc(C(=O)CCC2CCCC2)cc1C. The zero-order valence-corrected chi connectivity index (χ0v) is 12.3. The summed E-state index contributed by atoms with van der Waals surface area (Å²) in [6.07, 6.45) is 7.07. The standard InChI is InChI=1S/C17H24O2/c1-12-10-15(11-13(2)17(12)19-3)16(18)9-8-14-6-4-5-7-14/h10-11,14H,4-9H2,1-3H3. The molecule has 1 aliphatic rings. The lowest BCUT2D eigenvalue weighted by Crippen LogP contribution is -2.04. The van der Waals surface area contributed by atoms with Gasteiger partial charge in [-0.15, -0.1) is 0 Å². The van der Waals surface area contributed by atoms with E-state index < -0.39 is 0 Å². The minimum absolute atomic E-state index is 0.278. The Hall–Kier alpha value is -1.31. The smallest absolute Gasteiger partial charge is 0.162 e. The van der Waals surface area contributed by atoms with Gasteiger partial charge in [0.15, 0.2) is 5.78 Å². The molecule has 0 atom stereocenters. The first kappa shape index (κ1) is 14.1. The highest BCUT2D eigenvalue weighted by Crippen LogP contribution is 2.30. The number of ether oxygens (including phenoxy) is 1. The van der Waals surface area contributed by atoms with Crippen LogP contribution in [0.25, 0.3) is 0 Å². The molecule has 1 aromatic carbocycles. The van der Waals surface area contributed by atoms with Crippen molar-refractivity contribution in [1.29, 1.82) is 0 Å². The van der Waals surface area contributed by atoms with E-state index in [1.165, 1.54) is 25.7 Å². The highest BCUT2D eigenvalue weighted by Gasteiger charge is 2.17. The quantitative estimate of drug-likeness (QED) is 0.730. The summed E-state index contributed by atoms with van der Waals surface area (Å²) in [7, 11) is 1.68. The lowest BCUT2D eigenvalue weighted by atomic mass is 9.95. The Morgan fingerprint density at radius 3 is 2.32 bits per heavy atom. The van der Waals surface area contributed by atoms with E-state index in [0.29, 0.717) is 6.42 Å². The molecule has 0 aliphatic heterocycles. The van der Waals surface area contributed by atoms with Gasteiger partial charge in [-0.3, -0.25) is 4.79 Å². The van der Waals surface area contributed by atoms with Crippen LogP contribution >= 0.6 is 0 Å². The van der Waals surface area contributed by atoms with E-state index in [1.54, 1.807) is 7.11 Å². The lowest BCUT2D eigenvalue weighted by Gasteiger charge is -2.12. The predicted molar refractivity (Wildman–Crippen MR) is 78.0 cm³/mol. The molecule has 104 valence electrons. The summed E-state index contributed by atoms with van der Waals surface area (Å²) in [4.78, 5) is 12.3. The summed E-state index contributed by atoms with van der Waals surface area (Å²) in [6.45, 7) is 4.00. The van der Waals surface area contributed by atoms with Crippen molar-refractivity contribution in [1.82, 2.24) is 0 Å². The molecule has 2 rings (SSSR count). The molecule has 1 aromatic rings. The minimum atomic E-state index is 0.278. The number of carbonyl (C=O) groups is 1. The maximum absolute atomic E-state index is 12.3. The van der Waals surface area contributed by atoms with E-state index in [0.717, 1.165) is 34.8 Å². The zero-order chi connectivity index (χ0) is 13.8. The summed E-state index contributed by atoms with van der Waals surface area (Å²) in [6, 6.07) is 3.92. The van der Waals surface area contributed by atoms with Crippen LogP contribution in [0.3, 0.4) is 0 Å². The van der Waals surface area contributed by atoms with Gasteiger partial charge in [0, 0.05) is 12.0 Å². The van der Waals surface area contributed by atoms with Crippen molar-refractivity contribution in [2.45, 2.75) is 52.4 Å². The van der Waals surface area contributed by atoms with Crippen molar-refractivity contribution in [3.05, 3.63) is 28.8 Å². The first-order valence-electron chi connectivity index (χ1n) is 7.30. The van der Waals surface area contributed by atoms with Crippen LogP contribution in [0.1, 0.15) is 60.0 Å². The van der Waals surface area contributed by atoms with Gasteiger partial charge in [-0.1, -0.05) is 25.7 Å². The van der Waals surface area contributed by atoms with Crippen LogP contribution in [0, 0.1) is 19.8 Å². The predicted octanol–water partition coefficient (Wildman–Crippen LogP) is 4.47. The Balaban J connectivity index is 2.02. The van der Waals surface area contributed by atoms with E-state index >= 15 is 0 Å². The van der Waals surface area contributed by atoms with E-state index in [2.05, 4.69) is 0 Å². The maximum Gasteiger partial charge on any atom is 0.162 e. The third kappa shape index (κ3) is 3.37. The molecule has 0 radical (unpaired) electrons. The highest BCUT2D eigenvalue weighted by molar-refractivity contribution is 5.96. The molecule has 1 aliphatic carbocycles. The highest BCUT2D eigenvalue weighted by atomic mass is 16.5. The third-order valence-corrected chi connectivity index (χ3v) is 4.24. The second-order valence-corrected chi connectivity index (χ2v) is 5.76. The molecule has 0 saturated heterocycles. The molecule has 2 heteroatoms. The normalized spacial score (nSPS) is 15.7. The minimum Gasteiger partial charge on any atom is -0.496 e. The number of ketones is 1. The average molecular weight is 260 g/mol. The molecule has 0 aromatic heterocycles. The van der Waals surface area contributed by atoms with Crippen molar-refractivity contribution in [2.24, 2.45) is 5.92 Å². The molecule has 2 nitrogen and oxygen atoms in total. The van der Waals surface area contributed by atoms with E-state index in [4.69, 9.17) is 4.74 Å². The zero-order valence-electron chi connectivity index (χ0n) is 12.3. The summed E-state index contributed by atoms with van der Waals surface area (Å²) in [5, 5.41) is 0. The van der Waals surface area contributed by atoms with Crippen LogP contribution in [0.2, 0.25) is 0 Å². The Kier molecular flexibility index (Phi) is 4.62. The first-order chi connectivity index (χ1) is 9.11. The van der Waals surface area contributed by atoms with Gasteiger partial charge in [0.05, 0.1) is 7.11 Å². The maximum atomic E-state index is 12.3. The van der Waals surface area contributed by atoms with Gasteiger partial charge in [-0.25, -0.2) is 0 Å². The number of hydrogen-bond acceptors (Lipinski definition) is 2. The molecule has 19 heavy (non-hydrogen) atoms. The Morgan fingerprint density at radius 2 is 1.79 bits per heavy atom. The van der Waals surface area contributed by atoms with Crippen molar-refractivity contribution in [3.63, 3.8) is 0 Å². The molecule has 0 spiro atoms. The molecule has 1 fully saturated rings. The third-order valence-electron chi connectivity index (χ3n) is 4.24. The molecular formula is C17H24O2. The fraction of sp³-hybridized carbons (Fsp3) is 0.588. The van der Waals surface area contributed by atoms with Crippen molar-refractivity contribution >= 4 is 5.78 Å². The van der Waals surface area contributed by atoms with E-state index in [9.17, 15) is 4.79 Å². The fourth-order valence-electron chi connectivity index (χ4n) is 3.21. The van der Waals surface area contributed by atoms with Crippen molar-refractivity contribution in [2.75, 3.05) is 7.11 Å². The lowest BCUT2D eigenvalue weighted by molar-refractivity contribution is 0.0973. The summed E-state index contributed by atoms with van der Waals surface area (Å²) >= 11 is 0. The Morgan fingerprint density at radius 1 is 1.21 bits per heavy atom. The van der Waals surface area contributed by atoms with Gasteiger partial charge in [0.2, 0.25) is 0 Å². The van der Waals surface area contributed by atoms with Gasteiger partial charge in [-0.2, -0.15) is 0 Å². The molecule has 0 N–H and O–H groups in total. The van der Waals surface area contributed by atoms with Crippen LogP contribution < -0.4 is 4.74 Å². The summed E-state index contributed by atoms with van der Waals surface area (Å²) in [5.41, 5.74) is 2.94. The van der Waals surface area contributed by atoms with Crippen molar-refractivity contribution in [3.8, 4) is 5.75 Å². The first-order valence-corrected chi connectivity index (χ1v) is 7.30. The molecule has 0 amide bonds. The molecule has 1 saturated carbocycles. The van der Waals surface area contributed by atoms with E-state index in [-0.39, 0.29) is 5.78 Å². The van der Waals surface area contributed by atoms with Gasteiger partial charge in [0.25, 0.3) is 0 Å². The number of Topliss-reactive ketones (excluding diaryl/α,β-unsaturated/α-hetero) is 1. The molecule has 0 bridgehead atoms. The van der Waals surface area contributed by atoms with Gasteiger partial charge >= 0.3 is 0 Å². The summed E-state index contributed by atoms with van der Waals surface area (Å²) < 4.78 is 5.34. The molecule has 0 unspecified atom stereocenters. The second kappa shape index (κ2) is 6.23. The number of hydrogen-bond donors (Lipinski definition) is 0. The average Bonchev–Trinajstić information content (AvgIpc) is 2.88. The van der Waals surface area contributed by atoms with Crippen LogP contribution in [0.5, 0.6) is 5.75 Å². The van der Waals surface area contributed by atoms with Gasteiger partial charge < -0.3 is 4.74 Å². The van der Waals surface area contributed by atoms with Crippen LogP contribution in [0.15, 0.2) is 12.1 Å². The number of methoxy groups -OCH3 is 1. The Labute approximate surface area is 116 Å². The monoisotopic (exact) mass is 260 g/mol. The van der Waals surface area contributed by atoms with Crippen LogP contribution in [0.4, 0.5) is 0 Å². The number of benzene rings is 1. The number of rotatable bonds is 5. The largest absolute Gasteiger partial charge is 0.496 e.